The van der Waals surface area contributed by atoms with Crippen molar-refractivity contribution in [3.8, 4) is 11.5 Å². The Bertz CT molecular complexity index is 998. The summed E-state index contributed by atoms with van der Waals surface area (Å²) in [5.41, 5.74) is 2.58. The summed E-state index contributed by atoms with van der Waals surface area (Å²) in [4.78, 5) is 12.3. The van der Waals surface area contributed by atoms with Crippen molar-refractivity contribution in [3.05, 3.63) is 71.5 Å². The summed E-state index contributed by atoms with van der Waals surface area (Å²) in [7, 11) is 0. The Morgan fingerprint density at radius 3 is 2.48 bits per heavy atom. The number of anilines is 1. The Balaban J connectivity index is 1.57. The zero-order chi connectivity index (χ0) is 21.0. The van der Waals surface area contributed by atoms with E-state index >= 15 is 0 Å². The molecule has 9 heteroatoms. The van der Waals surface area contributed by atoms with Crippen molar-refractivity contribution in [1.29, 1.82) is 0 Å². The van der Waals surface area contributed by atoms with E-state index in [-0.39, 0.29) is 18.2 Å². The highest BCUT2D eigenvalue weighted by Gasteiger charge is 2.31. The quantitative estimate of drug-likeness (QED) is 0.646. The van der Waals surface area contributed by atoms with Crippen molar-refractivity contribution in [2.24, 2.45) is 0 Å². The second-order valence-corrected chi connectivity index (χ2v) is 6.31. The number of nitrogens with zero attached hydrogens (tertiary/aromatic N) is 2. The van der Waals surface area contributed by atoms with E-state index < -0.39 is 12.3 Å². The third kappa shape index (κ3) is 5.74. The zero-order valence-electron chi connectivity index (χ0n) is 15.7. The van der Waals surface area contributed by atoms with Crippen LogP contribution in [-0.4, -0.2) is 22.1 Å². The minimum absolute atomic E-state index is 0.126. The summed E-state index contributed by atoms with van der Waals surface area (Å²) in [6.07, 6.45) is -3.17. The molecule has 0 saturated carbocycles. The minimum Gasteiger partial charge on any atom is -0.471 e. The van der Waals surface area contributed by atoms with Crippen molar-refractivity contribution in [2.45, 2.75) is 26.9 Å². The maximum absolute atomic E-state index is 12.3. The Morgan fingerprint density at radius 1 is 1.10 bits per heavy atom. The van der Waals surface area contributed by atoms with Crippen LogP contribution in [-0.2, 0) is 6.73 Å². The summed E-state index contributed by atoms with van der Waals surface area (Å²) in [5, 5.41) is 6.70. The normalized spacial score (nSPS) is 11.2. The Hall–Kier alpha value is -3.49. The van der Waals surface area contributed by atoms with E-state index in [0.717, 1.165) is 29.0 Å². The molecule has 0 radical (unpaired) electrons. The summed E-state index contributed by atoms with van der Waals surface area (Å²) in [5.74, 6) is -0.152. The molecule has 152 valence electrons. The first kappa shape index (κ1) is 20.2. The number of halogens is 3. The molecule has 0 aliphatic carbocycles. The molecular formula is C20H18F3N3O3. The number of aryl methyl sites for hydroxylation is 2. The fourth-order valence-electron chi connectivity index (χ4n) is 2.59. The summed E-state index contributed by atoms with van der Waals surface area (Å²) >= 11 is 0. The first-order valence-electron chi connectivity index (χ1n) is 8.60. The van der Waals surface area contributed by atoms with Crippen molar-refractivity contribution < 1.29 is 27.4 Å². The number of aromatic nitrogens is 2. The van der Waals surface area contributed by atoms with E-state index in [4.69, 9.17) is 4.74 Å². The fraction of sp³-hybridized carbons (Fsp3) is 0.200. The van der Waals surface area contributed by atoms with Gasteiger partial charge in [-0.05, 0) is 55.8 Å². The van der Waals surface area contributed by atoms with Gasteiger partial charge in [-0.3, -0.25) is 4.79 Å². The van der Waals surface area contributed by atoms with Gasteiger partial charge in [0.2, 0.25) is 0 Å². The molecule has 3 aromatic rings. The largest absolute Gasteiger partial charge is 0.573 e. The Morgan fingerprint density at radius 2 is 1.83 bits per heavy atom. The number of ether oxygens (including phenoxy) is 2. The van der Waals surface area contributed by atoms with Crippen LogP contribution in [0.2, 0.25) is 0 Å². The number of carbonyl (C=O) groups excluding carboxylic acids is 1. The van der Waals surface area contributed by atoms with Gasteiger partial charge in [0.25, 0.3) is 5.91 Å². The molecule has 0 bridgehead atoms. The van der Waals surface area contributed by atoms with Gasteiger partial charge in [0.1, 0.15) is 11.5 Å². The predicted molar refractivity (Wildman–Crippen MR) is 99.8 cm³/mol. The number of alkyl halides is 3. The average molecular weight is 405 g/mol. The molecule has 0 aliphatic rings. The maximum atomic E-state index is 12.3. The lowest BCUT2D eigenvalue weighted by molar-refractivity contribution is -0.274. The van der Waals surface area contributed by atoms with Crippen molar-refractivity contribution in [3.63, 3.8) is 0 Å². The SMILES string of the molecule is Cc1ccc(OCn2ccc(C(=O)Nc3ccc(OC(F)(F)F)cc3)n2)c(C)c1. The molecule has 3 rings (SSSR count). The lowest BCUT2D eigenvalue weighted by Crippen LogP contribution is -2.17. The molecule has 0 aliphatic heterocycles. The molecule has 0 atom stereocenters. The van der Waals surface area contributed by atoms with Crippen molar-refractivity contribution >= 4 is 11.6 Å². The van der Waals surface area contributed by atoms with Gasteiger partial charge >= 0.3 is 6.36 Å². The number of hydrogen-bond acceptors (Lipinski definition) is 4. The van der Waals surface area contributed by atoms with Gasteiger partial charge in [-0.25, -0.2) is 4.68 Å². The molecule has 0 unspecified atom stereocenters. The third-order valence-electron chi connectivity index (χ3n) is 3.90. The molecular weight excluding hydrogens is 387 g/mol. The molecule has 0 fully saturated rings. The average Bonchev–Trinajstić information content (AvgIpc) is 3.10. The molecule has 2 aromatic carbocycles. The number of benzene rings is 2. The number of carbonyl (C=O) groups is 1. The topological polar surface area (TPSA) is 65.4 Å². The Kier molecular flexibility index (Phi) is 5.76. The monoisotopic (exact) mass is 405 g/mol. The van der Waals surface area contributed by atoms with Crippen LogP contribution in [0.1, 0.15) is 21.6 Å². The minimum atomic E-state index is -4.77. The van der Waals surface area contributed by atoms with Gasteiger partial charge in [-0.15, -0.1) is 13.2 Å². The van der Waals surface area contributed by atoms with E-state index in [1.54, 1.807) is 6.20 Å². The second kappa shape index (κ2) is 8.26. The maximum Gasteiger partial charge on any atom is 0.573 e. The molecule has 1 N–H and O–H groups in total. The number of amides is 1. The smallest absolute Gasteiger partial charge is 0.471 e. The van der Waals surface area contributed by atoms with Crippen molar-refractivity contribution in [1.82, 2.24) is 9.78 Å². The number of hydrogen-bond donors (Lipinski definition) is 1. The second-order valence-electron chi connectivity index (χ2n) is 6.31. The van der Waals surface area contributed by atoms with Gasteiger partial charge < -0.3 is 14.8 Å². The molecule has 1 heterocycles. The van der Waals surface area contributed by atoms with Gasteiger partial charge in [-0.2, -0.15) is 5.10 Å². The molecule has 0 spiro atoms. The van der Waals surface area contributed by atoms with Crippen LogP contribution in [0.5, 0.6) is 11.5 Å². The number of nitrogens with one attached hydrogen (secondary N) is 1. The number of rotatable bonds is 6. The lowest BCUT2D eigenvalue weighted by Gasteiger charge is -2.10. The molecule has 1 aromatic heterocycles. The predicted octanol–water partition coefficient (Wildman–Crippen LogP) is 4.69. The summed E-state index contributed by atoms with van der Waals surface area (Å²) in [6.45, 7) is 4.06. The van der Waals surface area contributed by atoms with Crippen LogP contribution in [0, 0.1) is 13.8 Å². The molecule has 6 nitrogen and oxygen atoms in total. The highest BCUT2D eigenvalue weighted by Crippen LogP contribution is 2.24. The van der Waals surface area contributed by atoms with E-state index in [0.29, 0.717) is 5.69 Å². The highest BCUT2D eigenvalue weighted by molar-refractivity contribution is 6.02. The van der Waals surface area contributed by atoms with Crippen molar-refractivity contribution in [2.75, 3.05) is 5.32 Å². The van der Waals surface area contributed by atoms with Gasteiger partial charge in [0.15, 0.2) is 12.4 Å². The summed E-state index contributed by atoms with van der Waals surface area (Å²) < 4.78 is 47.5. The van der Waals surface area contributed by atoms with Crippen LogP contribution in [0.15, 0.2) is 54.7 Å². The molecule has 29 heavy (non-hydrogen) atoms. The van der Waals surface area contributed by atoms with Crippen LogP contribution in [0.3, 0.4) is 0 Å². The van der Waals surface area contributed by atoms with Gasteiger partial charge in [-0.1, -0.05) is 17.7 Å². The fourth-order valence-corrected chi connectivity index (χ4v) is 2.59. The summed E-state index contributed by atoms with van der Waals surface area (Å²) in [6, 6.07) is 12.2. The van der Waals surface area contributed by atoms with E-state index in [1.807, 2.05) is 32.0 Å². The van der Waals surface area contributed by atoms with E-state index in [9.17, 15) is 18.0 Å². The molecule has 1 amide bonds. The highest BCUT2D eigenvalue weighted by atomic mass is 19.4. The van der Waals surface area contributed by atoms with Crippen LogP contribution >= 0.6 is 0 Å². The van der Waals surface area contributed by atoms with E-state index in [1.165, 1.54) is 22.9 Å². The first-order valence-corrected chi connectivity index (χ1v) is 8.60. The first-order chi connectivity index (χ1) is 13.7. The third-order valence-corrected chi connectivity index (χ3v) is 3.90. The lowest BCUT2D eigenvalue weighted by atomic mass is 10.1. The van der Waals surface area contributed by atoms with Gasteiger partial charge in [0.05, 0.1) is 0 Å². The van der Waals surface area contributed by atoms with Crippen LogP contribution in [0.25, 0.3) is 0 Å². The van der Waals surface area contributed by atoms with Crippen LogP contribution < -0.4 is 14.8 Å². The van der Waals surface area contributed by atoms with Crippen LogP contribution in [0.4, 0.5) is 18.9 Å². The Labute approximate surface area is 164 Å². The van der Waals surface area contributed by atoms with E-state index in [2.05, 4.69) is 15.2 Å². The van der Waals surface area contributed by atoms with Gasteiger partial charge in [0, 0.05) is 11.9 Å². The zero-order valence-corrected chi connectivity index (χ0v) is 15.7. The standard InChI is InChI=1S/C20H18F3N3O3/c1-13-3-8-18(14(2)11-13)28-12-26-10-9-17(25-26)19(27)24-15-4-6-16(7-5-15)29-20(21,22)23/h3-11H,12H2,1-2H3,(H,24,27). The molecule has 0 saturated heterocycles.